The van der Waals surface area contributed by atoms with Gasteiger partial charge in [0.2, 0.25) is 0 Å². The van der Waals surface area contributed by atoms with E-state index < -0.39 is 11.9 Å². The summed E-state index contributed by atoms with van der Waals surface area (Å²) < 4.78 is 26.0. The first-order valence-electron chi connectivity index (χ1n) is 6.29. The van der Waals surface area contributed by atoms with Crippen molar-refractivity contribution in [3.63, 3.8) is 0 Å². The van der Waals surface area contributed by atoms with Crippen molar-refractivity contribution in [1.29, 1.82) is 0 Å². The van der Waals surface area contributed by atoms with Gasteiger partial charge in [0.1, 0.15) is 0 Å². The monoisotopic (exact) mass is 247 g/mol. The highest BCUT2D eigenvalue weighted by molar-refractivity contribution is 5.69. The Balaban J connectivity index is 1.74. The Bertz CT molecular complexity index is 288. The Morgan fingerprint density at radius 2 is 1.94 bits per heavy atom. The van der Waals surface area contributed by atoms with Crippen LogP contribution in [-0.2, 0) is 4.79 Å². The van der Waals surface area contributed by atoms with E-state index in [0.717, 1.165) is 12.8 Å². The lowest BCUT2D eigenvalue weighted by molar-refractivity contribution is -0.143. The molecule has 17 heavy (non-hydrogen) atoms. The van der Waals surface area contributed by atoms with Gasteiger partial charge >= 0.3 is 5.97 Å². The predicted octanol–water partition coefficient (Wildman–Crippen LogP) is 2.22. The molecule has 1 saturated carbocycles. The van der Waals surface area contributed by atoms with Crippen LogP contribution in [-0.4, -0.2) is 41.5 Å². The Kier molecular flexibility index (Phi) is 3.66. The molecule has 0 atom stereocenters. The summed E-state index contributed by atoms with van der Waals surface area (Å²) >= 11 is 0. The summed E-state index contributed by atoms with van der Waals surface area (Å²) in [6.45, 7) is 1.07. The van der Waals surface area contributed by atoms with Gasteiger partial charge in [-0.3, -0.25) is 9.69 Å². The molecule has 1 N–H and O–H groups in total. The minimum Gasteiger partial charge on any atom is -0.481 e. The van der Waals surface area contributed by atoms with Crippen LogP contribution in [0.15, 0.2) is 0 Å². The molecule has 0 bridgehead atoms. The van der Waals surface area contributed by atoms with E-state index in [1.807, 2.05) is 4.90 Å². The minimum atomic E-state index is -2.52. The Labute approximate surface area is 99.8 Å². The summed E-state index contributed by atoms with van der Waals surface area (Å²) in [6, 6.07) is 0. The van der Waals surface area contributed by atoms with Gasteiger partial charge in [0.05, 0.1) is 12.5 Å². The van der Waals surface area contributed by atoms with Crippen LogP contribution in [0.2, 0.25) is 0 Å². The van der Waals surface area contributed by atoms with Crippen LogP contribution in [0.3, 0.4) is 0 Å². The number of aliphatic carboxylic acids is 1. The van der Waals surface area contributed by atoms with Crippen molar-refractivity contribution in [3.05, 3.63) is 0 Å². The lowest BCUT2D eigenvalue weighted by Gasteiger charge is -2.29. The van der Waals surface area contributed by atoms with Crippen molar-refractivity contribution >= 4 is 5.97 Å². The third-order valence-corrected chi connectivity index (χ3v) is 3.96. The number of likely N-dealkylation sites (tertiary alicyclic amines) is 1. The van der Waals surface area contributed by atoms with Gasteiger partial charge in [-0.25, -0.2) is 8.78 Å². The molecular formula is C12H19F2NO2. The second-order valence-corrected chi connectivity index (χ2v) is 5.40. The summed E-state index contributed by atoms with van der Waals surface area (Å²) in [5.41, 5.74) is 0. The number of carboxylic acids is 1. The maximum absolute atomic E-state index is 13.0. The molecular weight excluding hydrogens is 228 g/mol. The maximum Gasteiger partial charge on any atom is 0.306 e. The number of hydrogen-bond donors (Lipinski definition) is 1. The predicted molar refractivity (Wildman–Crippen MR) is 59.1 cm³/mol. The molecule has 0 aromatic rings. The van der Waals surface area contributed by atoms with E-state index in [4.69, 9.17) is 5.11 Å². The lowest BCUT2D eigenvalue weighted by atomic mass is 9.82. The zero-order valence-electron chi connectivity index (χ0n) is 9.87. The van der Waals surface area contributed by atoms with Crippen LogP contribution in [0.25, 0.3) is 0 Å². The topological polar surface area (TPSA) is 40.5 Å². The van der Waals surface area contributed by atoms with Gasteiger partial charge in [0.15, 0.2) is 0 Å². The van der Waals surface area contributed by atoms with E-state index in [1.54, 1.807) is 0 Å². The first-order valence-corrected chi connectivity index (χ1v) is 6.29. The van der Waals surface area contributed by atoms with Crippen LogP contribution >= 0.6 is 0 Å². The first kappa shape index (κ1) is 12.7. The van der Waals surface area contributed by atoms with Crippen molar-refractivity contribution in [2.75, 3.05) is 19.6 Å². The smallest absolute Gasteiger partial charge is 0.306 e. The molecule has 3 nitrogen and oxygen atoms in total. The highest BCUT2D eigenvalue weighted by Gasteiger charge is 2.39. The summed E-state index contributed by atoms with van der Waals surface area (Å²) in [6.07, 6.45) is 3.09. The summed E-state index contributed by atoms with van der Waals surface area (Å²) in [5, 5.41) is 8.87. The number of hydrogen-bond acceptors (Lipinski definition) is 2. The van der Waals surface area contributed by atoms with Gasteiger partial charge < -0.3 is 5.11 Å². The summed E-state index contributed by atoms with van der Waals surface area (Å²) in [5.74, 6) is -3.04. The van der Waals surface area contributed by atoms with Crippen LogP contribution in [0.5, 0.6) is 0 Å². The number of nitrogens with zero attached hydrogens (tertiary/aromatic N) is 1. The quantitative estimate of drug-likeness (QED) is 0.831. The fourth-order valence-electron chi connectivity index (χ4n) is 2.92. The third kappa shape index (κ3) is 3.37. The van der Waals surface area contributed by atoms with Crippen molar-refractivity contribution in [2.45, 2.75) is 38.0 Å². The van der Waals surface area contributed by atoms with Crippen LogP contribution < -0.4 is 0 Å². The van der Waals surface area contributed by atoms with Gasteiger partial charge in [-0.2, -0.15) is 0 Å². The number of rotatable bonds is 3. The molecule has 1 aliphatic carbocycles. The van der Waals surface area contributed by atoms with Crippen LogP contribution in [0.4, 0.5) is 8.78 Å². The molecule has 1 saturated heterocycles. The zero-order chi connectivity index (χ0) is 12.5. The number of alkyl halides is 2. The average Bonchev–Trinajstić information content (AvgIpc) is 2.59. The molecule has 2 rings (SSSR count). The Morgan fingerprint density at radius 1 is 1.29 bits per heavy atom. The molecule has 0 amide bonds. The summed E-state index contributed by atoms with van der Waals surface area (Å²) in [7, 11) is 0. The molecule has 0 aromatic carbocycles. The van der Waals surface area contributed by atoms with Gasteiger partial charge in [-0.15, -0.1) is 0 Å². The van der Waals surface area contributed by atoms with Gasteiger partial charge in [-0.05, 0) is 31.6 Å². The molecule has 0 aromatic heterocycles. The number of carbonyl (C=O) groups is 1. The van der Waals surface area contributed by atoms with Crippen molar-refractivity contribution in [1.82, 2.24) is 4.90 Å². The maximum atomic E-state index is 13.0. The minimum absolute atomic E-state index is 0.0303. The highest BCUT2D eigenvalue weighted by Crippen LogP contribution is 2.32. The second-order valence-electron chi connectivity index (χ2n) is 5.40. The third-order valence-electron chi connectivity index (χ3n) is 3.96. The largest absolute Gasteiger partial charge is 0.481 e. The Morgan fingerprint density at radius 3 is 2.41 bits per heavy atom. The molecule has 5 heteroatoms. The molecule has 0 spiro atoms. The second kappa shape index (κ2) is 4.88. The first-order chi connectivity index (χ1) is 7.96. The highest BCUT2D eigenvalue weighted by atomic mass is 19.3. The number of halogens is 2. The van der Waals surface area contributed by atoms with E-state index in [1.165, 1.54) is 0 Å². The van der Waals surface area contributed by atoms with E-state index in [-0.39, 0.29) is 18.9 Å². The average molecular weight is 247 g/mol. The van der Waals surface area contributed by atoms with Crippen molar-refractivity contribution < 1.29 is 18.7 Å². The zero-order valence-corrected chi connectivity index (χ0v) is 9.87. The molecule has 2 aliphatic rings. The molecule has 1 aliphatic heterocycles. The fraction of sp³-hybridized carbons (Fsp3) is 0.917. The molecule has 2 fully saturated rings. The van der Waals surface area contributed by atoms with Crippen molar-refractivity contribution in [2.24, 2.45) is 11.8 Å². The molecule has 0 radical (unpaired) electrons. The molecule has 0 unspecified atom stereocenters. The number of carboxylic acid groups (broad SMARTS) is 1. The van der Waals surface area contributed by atoms with E-state index in [0.29, 0.717) is 31.8 Å². The van der Waals surface area contributed by atoms with Crippen LogP contribution in [0, 0.1) is 11.8 Å². The lowest BCUT2D eigenvalue weighted by Crippen LogP contribution is -2.32. The Hall–Kier alpha value is -0.710. The van der Waals surface area contributed by atoms with Crippen molar-refractivity contribution in [3.8, 4) is 0 Å². The standard InChI is InChI=1S/C12H19F2NO2/c13-12(14)5-6-15(8-12)7-9-1-3-10(4-2-9)11(16)17/h9-10H,1-8H2,(H,16,17). The normalized spacial score (nSPS) is 33.8. The van der Waals surface area contributed by atoms with E-state index in [9.17, 15) is 13.6 Å². The van der Waals surface area contributed by atoms with Gasteiger partial charge in [-0.1, -0.05) is 0 Å². The molecule has 1 heterocycles. The van der Waals surface area contributed by atoms with E-state index >= 15 is 0 Å². The van der Waals surface area contributed by atoms with E-state index in [2.05, 4.69) is 0 Å². The summed E-state index contributed by atoms with van der Waals surface area (Å²) in [4.78, 5) is 12.6. The molecule has 98 valence electrons. The van der Waals surface area contributed by atoms with Gasteiger partial charge in [0, 0.05) is 19.5 Å². The van der Waals surface area contributed by atoms with Gasteiger partial charge in [0.25, 0.3) is 5.92 Å². The van der Waals surface area contributed by atoms with Crippen LogP contribution in [0.1, 0.15) is 32.1 Å². The SMILES string of the molecule is O=C(O)C1CCC(CN2CCC(F)(F)C2)CC1. The fourth-order valence-corrected chi connectivity index (χ4v) is 2.92.